The average molecular weight is 249 g/mol. The van der Waals surface area contributed by atoms with Gasteiger partial charge in [0.05, 0.1) is 11.6 Å². The molecule has 0 bridgehead atoms. The van der Waals surface area contributed by atoms with Crippen LogP contribution >= 0.6 is 0 Å². The molecule has 0 heterocycles. The van der Waals surface area contributed by atoms with Crippen LogP contribution in [0.5, 0.6) is 0 Å². The maximum Gasteiger partial charge on any atom is 0.126 e. The summed E-state index contributed by atoms with van der Waals surface area (Å²) in [5.74, 6) is -0.352. The number of hydrogen-bond donors (Lipinski definition) is 0. The fourth-order valence-corrected chi connectivity index (χ4v) is 1.87. The second-order valence-electron chi connectivity index (χ2n) is 4.55. The van der Waals surface area contributed by atoms with Gasteiger partial charge in [0.15, 0.2) is 0 Å². The third kappa shape index (κ3) is 4.34. The maximum atomic E-state index is 13.4. The number of halogens is 1. The van der Waals surface area contributed by atoms with E-state index < -0.39 is 0 Å². The lowest BCUT2D eigenvalue weighted by Gasteiger charge is -2.24. The zero-order valence-electron chi connectivity index (χ0n) is 11.3. The highest BCUT2D eigenvalue weighted by Crippen LogP contribution is 2.18. The largest absolute Gasteiger partial charge is 0.372 e. The predicted octanol–water partition coefficient (Wildman–Crippen LogP) is 2.48. The van der Waals surface area contributed by atoms with Crippen LogP contribution in [0.4, 0.5) is 10.1 Å². The van der Waals surface area contributed by atoms with Gasteiger partial charge in [-0.3, -0.25) is 0 Å². The summed E-state index contributed by atoms with van der Waals surface area (Å²) in [6, 6.07) is 6.47. The summed E-state index contributed by atoms with van der Waals surface area (Å²) in [6.07, 6.45) is 1.01. The van der Waals surface area contributed by atoms with Crippen molar-refractivity contribution >= 4 is 5.69 Å². The van der Waals surface area contributed by atoms with E-state index in [1.807, 2.05) is 27.1 Å². The van der Waals surface area contributed by atoms with Gasteiger partial charge < -0.3 is 9.80 Å². The molecule has 0 saturated heterocycles. The van der Waals surface area contributed by atoms with Crippen LogP contribution in [0.1, 0.15) is 18.9 Å². The Labute approximate surface area is 108 Å². The predicted molar refractivity (Wildman–Crippen MR) is 72.2 cm³/mol. The molecule has 3 nitrogen and oxygen atoms in total. The maximum absolute atomic E-state index is 13.4. The van der Waals surface area contributed by atoms with E-state index in [4.69, 9.17) is 5.26 Å². The monoisotopic (exact) mass is 249 g/mol. The minimum atomic E-state index is -0.352. The number of rotatable bonds is 6. The smallest absolute Gasteiger partial charge is 0.126 e. The zero-order valence-corrected chi connectivity index (χ0v) is 11.3. The lowest BCUT2D eigenvalue weighted by Crippen LogP contribution is -2.27. The molecule has 0 saturated carbocycles. The Morgan fingerprint density at radius 1 is 1.22 bits per heavy atom. The van der Waals surface area contributed by atoms with Crippen LogP contribution in [0.2, 0.25) is 0 Å². The van der Waals surface area contributed by atoms with Crippen LogP contribution in [0, 0.1) is 17.1 Å². The van der Waals surface area contributed by atoms with Crippen molar-refractivity contribution in [3.05, 3.63) is 29.6 Å². The van der Waals surface area contributed by atoms with Gasteiger partial charge in [-0.1, -0.05) is 0 Å². The highest BCUT2D eigenvalue weighted by Gasteiger charge is 2.07. The molecule has 1 aromatic carbocycles. The molecule has 0 spiro atoms. The fraction of sp³-hybridized carbons (Fsp3) is 0.500. The van der Waals surface area contributed by atoms with Crippen molar-refractivity contribution in [1.82, 2.24) is 4.90 Å². The molecular weight excluding hydrogens is 229 g/mol. The highest BCUT2D eigenvalue weighted by molar-refractivity contribution is 5.51. The molecule has 4 heteroatoms. The summed E-state index contributed by atoms with van der Waals surface area (Å²) in [7, 11) is 4.07. The Kier molecular flexibility index (Phi) is 5.60. The lowest BCUT2D eigenvalue weighted by atomic mass is 10.2. The second-order valence-corrected chi connectivity index (χ2v) is 4.55. The quantitative estimate of drug-likeness (QED) is 0.776. The second kappa shape index (κ2) is 6.97. The summed E-state index contributed by atoms with van der Waals surface area (Å²) < 4.78 is 13.4. The van der Waals surface area contributed by atoms with Crippen LogP contribution in [0.3, 0.4) is 0 Å². The summed E-state index contributed by atoms with van der Waals surface area (Å²) in [5.41, 5.74) is 1.16. The standard InChI is InChI=1S/C14H20FN3/c1-4-18(7-5-6-17(2)3)14-9-12(11-16)8-13(15)10-14/h8-10H,4-7H2,1-3H3. The van der Waals surface area contributed by atoms with Crippen LogP contribution in [0.25, 0.3) is 0 Å². The molecule has 0 aromatic heterocycles. The van der Waals surface area contributed by atoms with Crippen molar-refractivity contribution in [3.8, 4) is 6.07 Å². The molecule has 0 unspecified atom stereocenters. The zero-order chi connectivity index (χ0) is 13.5. The molecular formula is C14H20FN3. The third-order valence-electron chi connectivity index (χ3n) is 2.79. The van der Waals surface area contributed by atoms with Crippen LogP contribution in [0.15, 0.2) is 18.2 Å². The van der Waals surface area contributed by atoms with Crippen LogP contribution < -0.4 is 4.90 Å². The fourth-order valence-electron chi connectivity index (χ4n) is 1.87. The van der Waals surface area contributed by atoms with Gasteiger partial charge in [0.25, 0.3) is 0 Å². The molecule has 0 aliphatic heterocycles. The van der Waals surface area contributed by atoms with Gasteiger partial charge in [-0.25, -0.2) is 4.39 Å². The van der Waals surface area contributed by atoms with Crippen molar-refractivity contribution in [3.63, 3.8) is 0 Å². The Bertz CT molecular complexity index is 424. The summed E-state index contributed by atoms with van der Waals surface area (Å²) in [6.45, 7) is 4.70. The molecule has 0 radical (unpaired) electrons. The highest BCUT2D eigenvalue weighted by atomic mass is 19.1. The number of nitriles is 1. The normalized spacial score (nSPS) is 10.4. The van der Waals surface area contributed by atoms with Gasteiger partial charge in [-0.05, 0) is 52.2 Å². The Morgan fingerprint density at radius 3 is 2.50 bits per heavy atom. The van der Waals surface area contributed by atoms with Gasteiger partial charge in [-0.15, -0.1) is 0 Å². The topological polar surface area (TPSA) is 30.3 Å². The number of nitrogens with zero attached hydrogens (tertiary/aromatic N) is 3. The first-order valence-electron chi connectivity index (χ1n) is 6.17. The molecule has 0 N–H and O–H groups in total. The first-order chi connectivity index (χ1) is 8.56. The summed E-state index contributed by atoms with van der Waals surface area (Å²) in [5, 5.41) is 8.85. The number of benzene rings is 1. The minimum Gasteiger partial charge on any atom is -0.372 e. The molecule has 0 fully saturated rings. The van der Waals surface area contributed by atoms with E-state index in [1.165, 1.54) is 12.1 Å². The average Bonchev–Trinajstić information content (AvgIpc) is 2.33. The molecule has 1 aromatic rings. The van der Waals surface area contributed by atoms with E-state index in [2.05, 4.69) is 9.80 Å². The van der Waals surface area contributed by atoms with E-state index in [9.17, 15) is 4.39 Å². The molecule has 0 aliphatic rings. The number of hydrogen-bond acceptors (Lipinski definition) is 3. The van der Waals surface area contributed by atoms with Crippen molar-refractivity contribution in [2.45, 2.75) is 13.3 Å². The van der Waals surface area contributed by atoms with E-state index in [-0.39, 0.29) is 5.82 Å². The minimum absolute atomic E-state index is 0.352. The Hall–Kier alpha value is -1.60. The van der Waals surface area contributed by atoms with E-state index in [0.717, 1.165) is 31.7 Å². The summed E-state index contributed by atoms with van der Waals surface area (Å²) >= 11 is 0. The van der Waals surface area contributed by atoms with Crippen molar-refractivity contribution in [1.29, 1.82) is 5.26 Å². The van der Waals surface area contributed by atoms with Gasteiger partial charge >= 0.3 is 0 Å². The Balaban J connectivity index is 2.75. The lowest BCUT2D eigenvalue weighted by molar-refractivity contribution is 0.400. The first kappa shape index (κ1) is 14.5. The van der Waals surface area contributed by atoms with Crippen molar-refractivity contribution < 1.29 is 4.39 Å². The van der Waals surface area contributed by atoms with E-state index in [0.29, 0.717) is 5.56 Å². The van der Waals surface area contributed by atoms with E-state index in [1.54, 1.807) is 6.07 Å². The molecule has 0 atom stereocenters. The van der Waals surface area contributed by atoms with Gasteiger partial charge in [-0.2, -0.15) is 5.26 Å². The van der Waals surface area contributed by atoms with Gasteiger partial charge in [0.1, 0.15) is 5.82 Å². The molecule has 1 rings (SSSR count). The van der Waals surface area contributed by atoms with Gasteiger partial charge in [0.2, 0.25) is 0 Å². The SMILES string of the molecule is CCN(CCCN(C)C)c1cc(F)cc(C#N)c1. The first-order valence-corrected chi connectivity index (χ1v) is 6.17. The summed E-state index contributed by atoms with van der Waals surface area (Å²) in [4.78, 5) is 4.22. The Morgan fingerprint density at radius 2 is 1.94 bits per heavy atom. The molecule has 98 valence electrons. The van der Waals surface area contributed by atoms with Crippen molar-refractivity contribution in [2.75, 3.05) is 38.6 Å². The molecule has 0 aliphatic carbocycles. The van der Waals surface area contributed by atoms with Crippen molar-refractivity contribution in [2.24, 2.45) is 0 Å². The number of anilines is 1. The van der Waals surface area contributed by atoms with E-state index >= 15 is 0 Å². The van der Waals surface area contributed by atoms with Gasteiger partial charge in [0, 0.05) is 18.8 Å². The van der Waals surface area contributed by atoms with Crippen LogP contribution in [-0.4, -0.2) is 38.6 Å². The third-order valence-corrected chi connectivity index (χ3v) is 2.79. The molecule has 0 amide bonds. The molecule has 18 heavy (non-hydrogen) atoms. The van der Waals surface area contributed by atoms with Crippen LogP contribution in [-0.2, 0) is 0 Å².